The van der Waals surface area contributed by atoms with Gasteiger partial charge in [0.2, 0.25) is 5.82 Å². The van der Waals surface area contributed by atoms with E-state index in [1.165, 1.54) is 6.07 Å². The maximum absolute atomic E-state index is 11.2. The lowest BCUT2D eigenvalue weighted by atomic mass is 10.0. The highest BCUT2D eigenvalue weighted by Crippen LogP contribution is 2.35. The van der Waals surface area contributed by atoms with Gasteiger partial charge in [-0.3, -0.25) is 15.1 Å². The van der Waals surface area contributed by atoms with E-state index in [0.29, 0.717) is 5.69 Å². The zero-order valence-corrected chi connectivity index (χ0v) is 13.7. The molecule has 0 amide bonds. The Balaban J connectivity index is 2.57. The van der Waals surface area contributed by atoms with Crippen molar-refractivity contribution in [2.45, 2.75) is 26.7 Å². The third-order valence-corrected chi connectivity index (χ3v) is 3.76. The molecule has 0 aliphatic heterocycles. The summed E-state index contributed by atoms with van der Waals surface area (Å²) in [4.78, 5) is 18.9. The van der Waals surface area contributed by atoms with E-state index in [2.05, 4.69) is 15.3 Å². The number of hydrogen-bond acceptors (Lipinski definition) is 5. The van der Waals surface area contributed by atoms with E-state index < -0.39 is 4.92 Å². The van der Waals surface area contributed by atoms with E-state index in [4.69, 9.17) is 23.2 Å². The summed E-state index contributed by atoms with van der Waals surface area (Å²) >= 11 is 11.7. The van der Waals surface area contributed by atoms with Gasteiger partial charge in [0.25, 0.3) is 0 Å². The molecule has 0 aliphatic rings. The summed E-state index contributed by atoms with van der Waals surface area (Å²) < 4.78 is 0. The number of nitrogens with one attached hydrogen (secondary N) is 1. The van der Waals surface area contributed by atoms with E-state index in [0.717, 1.165) is 11.3 Å². The van der Waals surface area contributed by atoms with Gasteiger partial charge in [-0.2, -0.15) is 0 Å². The van der Waals surface area contributed by atoms with Gasteiger partial charge >= 0.3 is 5.69 Å². The van der Waals surface area contributed by atoms with Crippen molar-refractivity contribution in [1.82, 2.24) is 9.97 Å². The predicted octanol–water partition coefficient (Wildman–Crippen LogP) is 4.87. The van der Waals surface area contributed by atoms with Crippen LogP contribution in [0.1, 0.15) is 31.0 Å². The Hall–Kier alpha value is -1.92. The first-order valence-corrected chi connectivity index (χ1v) is 7.29. The molecule has 22 heavy (non-hydrogen) atoms. The van der Waals surface area contributed by atoms with Crippen LogP contribution in [0.2, 0.25) is 10.2 Å². The van der Waals surface area contributed by atoms with Gasteiger partial charge in [-0.15, -0.1) is 0 Å². The van der Waals surface area contributed by atoms with Crippen LogP contribution in [0.5, 0.6) is 0 Å². The smallest absolute Gasteiger partial charge is 0.313 e. The molecule has 0 unspecified atom stereocenters. The molecule has 0 radical (unpaired) electrons. The van der Waals surface area contributed by atoms with Crippen molar-refractivity contribution in [1.29, 1.82) is 0 Å². The minimum Gasteiger partial charge on any atom is -0.333 e. The molecular formula is C14H14Cl2N4O2. The first-order valence-electron chi connectivity index (χ1n) is 6.54. The number of nitro groups is 1. The highest BCUT2D eigenvalue weighted by molar-refractivity contribution is 6.41. The molecule has 116 valence electrons. The number of nitrogens with zero attached hydrogens (tertiary/aromatic N) is 3. The maximum Gasteiger partial charge on any atom is 0.313 e. The molecule has 0 atom stereocenters. The minimum atomic E-state index is -0.557. The lowest BCUT2D eigenvalue weighted by molar-refractivity contribution is -0.384. The molecule has 0 spiro atoms. The molecule has 2 aromatic heterocycles. The van der Waals surface area contributed by atoms with Gasteiger partial charge in [0.15, 0.2) is 5.15 Å². The molecule has 2 rings (SSSR count). The summed E-state index contributed by atoms with van der Waals surface area (Å²) in [5, 5.41) is 14.2. The lowest BCUT2D eigenvalue weighted by Crippen LogP contribution is -2.06. The number of aryl methyl sites for hydroxylation is 1. The average molecular weight is 341 g/mol. The van der Waals surface area contributed by atoms with Gasteiger partial charge in [-0.25, -0.2) is 4.98 Å². The summed E-state index contributed by atoms with van der Waals surface area (Å²) in [6.07, 6.45) is 1.70. The fourth-order valence-electron chi connectivity index (χ4n) is 1.99. The Morgan fingerprint density at radius 2 is 2.05 bits per heavy atom. The van der Waals surface area contributed by atoms with Crippen molar-refractivity contribution in [2.75, 3.05) is 5.32 Å². The van der Waals surface area contributed by atoms with Crippen LogP contribution in [0.4, 0.5) is 17.2 Å². The number of hydrogen-bond donors (Lipinski definition) is 1. The van der Waals surface area contributed by atoms with Gasteiger partial charge < -0.3 is 5.32 Å². The van der Waals surface area contributed by atoms with Gasteiger partial charge in [0.1, 0.15) is 0 Å². The quantitative estimate of drug-likeness (QED) is 0.488. The van der Waals surface area contributed by atoms with Crippen molar-refractivity contribution >= 4 is 40.4 Å². The molecule has 2 aromatic rings. The van der Waals surface area contributed by atoms with Crippen molar-refractivity contribution in [3.05, 3.63) is 49.9 Å². The molecule has 2 heterocycles. The second-order valence-corrected chi connectivity index (χ2v) is 5.82. The van der Waals surface area contributed by atoms with Crippen LogP contribution in [-0.4, -0.2) is 14.9 Å². The molecule has 1 N–H and O–H groups in total. The number of rotatable bonds is 4. The topological polar surface area (TPSA) is 81.0 Å². The minimum absolute atomic E-state index is 0.00223. The summed E-state index contributed by atoms with van der Waals surface area (Å²) in [5.41, 5.74) is 2.14. The van der Waals surface area contributed by atoms with Gasteiger partial charge in [0.05, 0.1) is 21.3 Å². The van der Waals surface area contributed by atoms with Gasteiger partial charge in [0, 0.05) is 12.3 Å². The van der Waals surface area contributed by atoms with Crippen LogP contribution in [0.15, 0.2) is 18.3 Å². The Kier molecular flexibility index (Phi) is 4.83. The molecular weight excluding hydrogens is 327 g/mol. The lowest BCUT2D eigenvalue weighted by Gasteiger charge is -2.16. The average Bonchev–Trinajstić information content (AvgIpc) is 2.44. The van der Waals surface area contributed by atoms with Gasteiger partial charge in [-0.1, -0.05) is 37.0 Å². The first kappa shape index (κ1) is 16.5. The number of pyridine rings is 2. The van der Waals surface area contributed by atoms with Gasteiger partial charge in [-0.05, 0) is 24.5 Å². The SMILES string of the molecule is Cc1ccnc(C(C)C)c1Nc1nc(Cl)c(Cl)cc1[N+](=O)[O-]. The summed E-state index contributed by atoms with van der Waals surface area (Å²) in [5.74, 6) is 0.182. The Bertz CT molecular complexity index is 735. The Morgan fingerprint density at radius 1 is 1.36 bits per heavy atom. The second kappa shape index (κ2) is 6.46. The van der Waals surface area contributed by atoms with E-state index >= 15 is 0 Å². The van der Waals surface area contributed by atoms with E-state index in [9.17, 15) is 10.1 Å². The highest BCUT2D eigenvalue weighted by Gasteiger charge is 2.21. The number of anilines is 2. The van der Waals surface area contributed by atoms with E-state index in [-0.39, 0.29) is 27.6 Å². The molecule has 0 aromatic carbocycles. The van der Waals surface area contributed by atoms with Crippen molar-refractivity contribution in [3.63, 3.8) is 0 Å². The van der Waals surface area contributed by atoms with Crippen molar-refractivity contribution in [2.24, 2.45) is 0 Å². The normalized spacial score (nSPS) is 10.8. The van der Waals surface area contributed by atoms with Crippen LogP contribution >= 0.6 is 23.2 Å². The fraction of sp³-hybridized carbons (Fsp3) is 0.286. The summed E-state index contributed by atoms with van der Waals surface area (Å²) in [7, 11) is 0. The van der Waals surface area contributed by atoms with Crippen molar-refractivity contribution in [3.8, 4) is 0 Å². The number of aromatic nitrogens is 2. The Morgan fingerprint density at radius 3 is 2.64 bits per heavy atom. The summed E-state index contributed by atoms with van der Waals surface area (Å²) in [6.45, 7) is 5.87. The van der Waals surface area contributed by atoms with Crippen LogP contribution < -0.4 is 5.32 Å². The van der Waals surface area contributed by atoms with E-state index in [1.807, 2.05) is 26.8 Å². The molecule has 0 bridgehead atoms. The second-order valence-electron chi connectivity index (χ2n) is 5.05. The molecule has 8 heteroatoms. The largest absolute Gasteiger partial charge is 0.333 e. The van der Waals surface area contributed by atoms with Crippen LogP contribution in [0.25, 0.3) is 0 Å². The van der Waals surface area contributed by atoms with E-state index in [1.54, 1.807) is 6.20 Å². The zero-order chi connectivity index (χ0) is 16.4. The highest BCUT2D eigenvalue weighted by atomic mass is 35.5. The molecule has 0 saturated heterocycles. The summed E-state index contributed by atoms with van der Waals surface area (Å²) in [6, 6.07) is 3.00. The fourth-order valence-corrected chi connectivity index (χ4v) is 2.27. The first-order chi connectivity index (χ1) is 10.3. The van der Waals surface area contributed by atoms with Crippen molar-refractivity contribution < 1.29 is 4.92 Å². The van der Waals surface area contributed by atoms with Crippen LogP contribution in [0, 0.1) is 17.0 Å². The third kappa shape index (κ3) is 3.28. The predicted molar refractivity (Wildman–Crippen MR) is 87.3 cm³/mol. The molecule has 0 fully saturated rings. The monoisotopic (exact) mass is 340 g/mol. The number of halogens is 2. The molecule has 6 nitrogen and oxygen atoms in total. The van der Waals surface area contributed by atoms with Crippen LogP contribution in [0.3, 0.4) is 0 Å². The molecule has 0 aliphatic carbocycles. The Labute approximate surface area is 137 Å². The zero-order valence-electron chi connectivity index (χ0n) is 12.2. The maximum atomic E-state index is 11.2. The molecule has 0 saturated carbocycles. The standard InChI is InChI=1S/C14H14Cl2N4O2/c1-7(2)11-12(8(3)4-5-17-11)18-14-10(20(21)22)6-9(15)13(16)19-14/h4-7H,1-3H3,(H,18,19). The van der Waals surface area contributed by atoms with Crippen LogP contribution in [-0.2, 0) is 0 Å². The third-order valence-electron chi connectivity index (χ3n) is 3.09.